The first-order valence-electron chi connectivity index (χ1n) is 11.2. The summed E-state index contributed by atoms with van der Waals surface area (Å²) in [4.78, 5) is 25.4. The lowest BCUT2D eigenvalue weighted by molar-refractivity contribution is -0.187. The Morgan fingerprint density at radius 1 is 1.10 bits per heavy atom. The first-order chi connectivity index (χ1) is 13.8. The molecule has 3 saturated carbocycles. The lowest BCUT2D eigenvalue weighted by Crippen LogP contribution is -2.62. The molecule has 0 aromatic heterocycles. The summed E-state index contributed by atoms with van der Waals surface area (Å²) in [6.45, 7) is 6.32. The molecule has 4 rings (SSSR count). The van der Waals surface area contributed by atoms with Crippen molar-refractivity contribution in [2.45, 2.75) is 90.4 Å². The lowest BCUT2D eigenvalue weighted by atomic mass is 9.48. The maximum Gasteiger partial charge on any atom is 0.410 e. The Bertz CT molecular complexity index is 790. The zero-order chi connectivity index (χ0) is 22.1. The summed E-state index contributed by atoms with van der Waals surface area (Å²) in [5.74, 6) is 0.0497. The molecule has 2 N–H and O–H groups in total. The van der Waals surface area contributed by atoms with E-state index in [1.807, 2.05) is 5.32 Å². The van der Waals surface area contributed by atoms with Gasteiger partial charge in [0, 0.05) is 11.5 Å². The van der Waals surface area contributed by atoms with Gasteiger partial charge in [-0.25, -0.2) is 0 Å². The highest BCUT2D eigenvalue weighted by molar-refractivity contribution is 6.19. The Kier molecular flexibility index (Phi) is 4.87. The molecule has 1 unspecified atom stereocenters. The van der Waals surface area contributed by atoms with E-state index in [2.05, 4.69) is 19.2 Å². The highest BCUT2D eigenvalue weighted by Gasteiger charge is 2.58. The molecule has 0 aromatic carbocycles. The fraction of sp³-hybridized carbons (Fsp3) is 0.826. The van der Waals surface area contributed by atoms with E-state index in [0.717, 1.165) is 39.5 Å². The van der Waals surface area contributed by atoms with Crippen molar-refractivity contribution >= 4 is 11.8 Å². The second-order valence-corrected chi connectivity index (χ2v) is 11.1. The van der Waals surface area contributed by atoms with E-state index in [9.17, 15) is 22.8 Å². The number of halogens is 3. The number of carbonyl (C=O) groups is 2. The topological polar surface area (TPSA) is 58.2 Å². The Morgan fingerprint density at radius 3 is 2.47 bits per heavy atom. The van der Waals surface area contributed by atoms with Gasteiger partial charge in [0.25, 0.3) is 11.8 Å². The van der Waals surface area contributed by atoms with Crippen LogP contribution in [0.15, 0.2) is 11.6 Å². The highest BCUT2D eigenvalue weighted by atomic mass is 19.4. The van der Waals surface area contributed by atoms with Crippen LogP contribution in [0.3, 0.4) is 0 Å². The van der Waals surface area contributed by atoms with Crippen LogP contribution in [0.4, 0.5) is 13.2 Å². The molecule has 3 fully saturated rings. The monoisotopic (exact) mass is 426 g/mol. The van der Waals surface area contributed by atoms with E-state index in [-0.39, 0.29) is 11.6 Å². The lowest BCUT2D eigenvalue weighted by Gasteiger charge is -2.58. The van der Waals surface area contributed by atoms with Crippen LogP contribution in [-0.2, 0) is 9.59 Å². The van der Waals surface area contributed by atoms with Crippen LogP contribution in [0.2, 0.25) is 0 Å². The predicted molar refractivity (Wildman–Crippen MR) is 107 cm³/mol. The number of hydrogen-bond donors (Lipinski definition) is 2. The van der Waals surface area contributed by atoms with Crippen molar-refractivity contribution in [1.82, 2.24) is 10.6 Å². The minimum Gasteiger partial charge on any atom is -0.348 e. The molecule has 168 valence electrons. The van der Waals surface area contributed by atoms with E-state index in [0.29, 0.717) is 23.2 Å². The normalized spacial score (nSPS) is 41.2. The quantitative estimate of drug-likeness (QED) is 0.639. The zero-order valence-electron chi connectivity index (χ0n) is 18.3. The number of nitrogens with one attached hydrogen (secondary N) is 2. The third kappa shape index (κ3) is 3.18. The Balaban J connectivity index is 1.64. The smallest absolute Gasteiger partial charge is 0.348 e. The Labute approximate surface area is 176 Å². The second kappa shape index (κ2) is 6.73. The van der Waals surface area contributed by atoms with Gasteiger partial charge in [0.05, 0.1) is 0 Å². The molecule has 2 amide bonds. The molecule has 0 bridgehead atoms. The van der Waals surface area contributed by atoms with Crippen molar-refractivity contribution in [3.05, 3.63) is 11.6 Å². The van der Waals surface area contributed by atoms with E-state index in [4.69, 9.17) is 0 Å². The van der Waals surface area contributed by atoms with Gasteiger partial charge in [0.2, 0.25) is 0 Å². The molecule has 6 atom stereocenters. The van der Waals surface area contributed by atoms with Gasteiger partial charge in [-0.15, -0.1) is 0 Å². The maximum atomic E-state index is 13.2. The summed E-state index contributed by atoms with van der Waals surface area (Å²) >= 11 is 0. The van der Waals surface area contributed by atoms with Gasteiger partial charge in [-0.1, -0.05) is 26.3 Å². The van der Waals surface area contributed by atoms with Crippen LogP contribution in [-0.4, -0.2) is 29.6 Å². The van der Waals surface area contributed by atoms with Crippen molar-refractivity contribution in [3.63, 3.8) is 0 Å². The van der Waals surface area contributed by atoms with Crippen LogP contribution in [0.1, 0.15) is 72.6 Å². The van der Waals surface area contributed by atoms with E-state index in [1.54, 1.807) is 6.08 Å². The van der Waals surface area contributed by atoms with Crippen molar-refractivity contribution < 1.29 is 22.8 Å². The largest absolute Gasteiger partial charge is 0.410 e. The maximum absolute atomic E-state index is 13.2. The number of alkyl halides is 3. The molecule has 1 heterocycles. The summed E-state index contributed by atoms with van der Waals surface area (Å²) < 4.78 is 39.7. The number of amides is 2. The number of hydrogen-bond acceptors (Lipinski definition) is 2. The van der Waals surface area contributed by atoms with Gasteiger partial charge in [-0.3, -0.25) is 9.59 Å². The molecule has 3 aliphatic carbocycles. The fourth-order valence-corrected chi connectivity index (χ4v) is 7.02. The van der Waals surface area contributed by atoms with E-state index >= 15 is 0 Å². The molecular weight excluding hydrogens is 393 g/mol. The van der Waals surface area contributed by atoms with Crippen LogP contribution in [0.25, 0.3) is 0 Å². The van der Waals surface area contributed by atoms with Gasteiger partial charge in [-0.2, -0.15) is 13.2 Å². The molecule has 4 nitrogen and oxygen atoms in total. The van der Waals surface area contributed by atoms with Crippen molar-refractivity contribution in [3.8, 4) is 0 Å². The van der Waals surface area contributed by atoms with Crippen molar-refractivity contribution in [2.24, 2.45) is 28.6 Å². The van der Waals surface area contributed by atoms with Gasteiger partial charge in [0.1, 0.15) is 11.1 Å². The number of rotatable bonds is 2. The summed E-state index contributed by atoms with van der Waals surface area (Å²) in [5.41, 5.74) is -2.60. The van der Waals surface area contributed by atoms with Gasteiger partial charge < -0.3 is 10.6 Å². The number of fused-ring (bicyclic) bond motifs is 5. The average Bonchev–Trinajstić information content (AvgIpc) is 3.02. The predicted octanol–water partition coefficient (Wildman–Crippen LogP) is 4.50. The minimum atomic E-state index is -4.60. The molecule has 1 aliphatic heterocycles. The van der Waals surface area contributed by atoms with Gasteiger partial charge in [-0.05, 0) is 75.5 Å². The molecule has 4 aliphatic rings. The molecular formula is C23H33F3N2O2. The zero-order valence-corrected chi connectivity index (χ0v) is 18.3. The number of carbonyl (C=O) groups excluding carboxylic acids is 2. The van der Waals surface area contributed by atoms with E-state index in [1.165, 1.54) is 19.3 Å². The molecule has 0 saturated heterocycles. The molecule has 0 spiro atoms. The second-order valence-electron chi connectivity index (χ2n) is 11.1. The van der Waals surface area contributed by atoms with Crippen LogP contribution in [0, 0.1) is 28.6 Å². The van der Waals surface area contributed by atoms with Gasteiger partial charge in [0.15, 0.2) is 0 Å². The third-order valence-corrected chi connectivity index (χ3v) is 8.94. The first-order valence-corrected chi connectivity index (χ1v) is 11.2. The first kappa shape index (κ1) is 21.7. The summed E-state index contributed by atoms with van der Waals surface area (Å²) in [7, 11) is 0. The highest BCUT2D eigenvalue weighted by Crippen LogP contribution is 2.63. The SMILES string of the molecule is CC(C)(NC(=O)C1=C[C@@]2(C)C(CC[C@@H]3[C@H]2CC[C@]2(C)CCC[C@@H]32)NC1=O)C(F)(F)F. The third-order valence-electron chi connectivity index (χ3n) is 8.94. The van der Waals surface area contributed by atoms with Crippen LogP contribution in [0.5, 0.6) is 0 Å². The summed E-state index contributed by atoms with van der Waals surface area (Å²) in [6, 6.07) is -0.0656. The molecule has 0 aromatic rings. The summed E-state index contributed by atoms with van der Waals surface area (Å²) in [5, 5.41) is 5.00. The van der Waals surface area contributed by atoms with Crippen LogP contribution < -0.4 is 10.6 Å². The van der Waals surface area contributed by atoms with Crippen molar-refractivity contribution in [1.29, 1.82) is 0 Å². The van der Waals surface area contributed by atoms with E-state index < -0.39 is 28.9 Å². The van der Waals surface area contributed by atoms with Crippen LogP contribution >= 0.6 is 0 Å². The minimum absolute atomic E-state index is 0.0656. The molecule has 0 radical (unpaired) electrons. The Morgan fingerprint density at radius 2 is 1.80 bits per heavy atom. The standard InChI is InChI=1S/C23H33F3N2O2/c1-20(2,23(24,25)26)28-19(30)14-12-22(4)16-9-11-21(3)10-5-6-15(21)13(16)7-8-17(22)27-18(14)29/h12-13,15-17H,5-11H2,1-4H3,(H,27,29)(H,28,30)/t13-,15-,16+,17?,21-,22+/m0/s1. The average molecular weight is 427 g/mol. The fourth-order valence-electron chi connectivity index (χ4n) is 7.02. The van der Waals surface area contributed by atoms with Crippen molar-refractivity contribution in [2.75, 3.05) is 0 Å². The Hall–Kier alpha value is -1.53. The summed E-state index contributed by atoms with van der Waals surface area (Å²) in [6.07, 6.45) is 5.00. The molecule has 30 heavy (non-hydrogen) atoms. The molecule has 7 heteroatoms. The van der Waals surface area contributed by atoms with Gasteiger partial charge >= 0.3 is 6.18 Å².